The molecule has 1 aliphatic rings. The number of ketones is 1. The minimum absolute atomic E-state index is 0.218. The number of rotatable bonds is 1. The number of ether oxygens (including phenoxy) is 1. The molecule has 1 aliphatic carbocycles. The summed E-state index contributed by atoms with van der Waals surface area (Å²) in [5.74, 6) is 0.943. The van der Waals surface area contributed by atoms with Crippen molar-refractivity contribution in [2.45, 2.75) is 19.8 Å². The second kappa shape index (κ2) is 2.87. The van der Waals surface area contributed by atoms with Gasteiger partial charge >= 0.3 is 0 Å². The monoisotopic (exact) mass is 176 g/mol. The van der Waals surface area contributed by atoms with Crippen LogP contribution in [0, 0.1) is 6.92 Å². The van der Waals surface area contributed by atoms with Gasteiger partial charge in [-0.3, -0.25) is 4.79 Å². The van der Waals surface area contributed by atoms with Crippen LogP contribution in [-0.4, -0.2) is 12.9 Å². The van der Waals surface area contributed by atoms with Crippen molar-refractivity contribution in [1.82, 2.24) is 0 Å². The Bertz CT molecular complexity index is 367. The van der Waals surface area contributed by atoms with Gasteiger partial charge in [0, 0.05) is 6.42 Å². The average Bonchev–Trinajstić information content (AvgIpc) is 2.51. The largest absolute Gasteiger partial charge is 0.496 e. The van der Waals surface area contributed by atoms with Crippen LogP contribution >= 0.6 is 0 Å². The van der Waals surface area contributed by atoms with E-state index in [9.17, 15) is 4.79 Å². The van der Waals surface area contributed by atoms with E-state index in [1.54, 1.807) is 7.11 Å². The molecule has 0 radical (unpaired) electrons. The third-order valence-electron chi connectivity index (χ3n) is 2.61. The number of benzene rings is 1. The van der Waals surface area contributed by atoms with Gasteiger partial charge in [0.25, 0.3) is 0 Å². The van der Waals surface area contributed by atoms with Gasteiger partial charge in [0.2, 0.25) is 0 Å². The van der Waals surface area contributed by atoms with Crippen molar-refractivity contribution >= 4 is 5.78 Å². The zero-order valence-corrected chi connectivity index (χ0v) is 7.89. The number of Topliss-reactive ketones (excluding diaryl/α,β-unsaturated/α-hetero) is 1. The van der Waals surface area contributed by atoms with Gasteiger partial charge in [0.05, 0.1) is 12.7 Å². The summed E-state index contributed by atoms with van der Waals surface area (Å²) in [5, 5.41) is 0. The lowest BCUT2D eigenvalue weighted by atomic mass is 10.0. The van der Waals surface area contributed by atoms with Crippen LogP contribution in [0.15, 0.2) is 12.1 Å². The number of methoxy groups -OCH3 is 1. The highest BCUT2D eigenvalue weighted by atomic mass is 16.5. The number of carbonyl (C=O) groups excluding carboxylic acids is 1. The maximum absolute atomic E-state index is 11.5. The summed E-state index contributed by atoms with van der Waals surface area (Å²) in [4.78, 5) is 11.5. The number of aryl methyl sites for hydroxylation is 1. The Morgan fingerprint density at radius 3 is 2.77 bits per heavy atom. The van der Waals surface area contributed by atoms with E-state index in [0.717, 1.165) is 17.7 Å². The SMILES string of the molecule is COc1ccc(C)c2c1C(=O)CC2. The molecular formula is C11H12O2. The van der Waals surface area contributed by atoms with Crippen LogP contribution in [-0.2, 0) is 6.42 Å². The summed E-state index contributed by atoms with van der Waals surface area (Å²) in [6.45, 7) is 2.04. The molecule has 0 N–H and O–H groups in total. The molecule has 2 nitrogen and oxygen atoms in total. The van der Waals surface area contributed by atoms with Crippen LogP contribution in [0.2, 0.25) is 0 Å². The van der Waals surface area contributed by atoms with E-state index < -0.39 is 0 Å². The summed E-state index contributed by atoms with van der Waals surface area (Å²) in [7, 11) is 1.61. The summed E-state index contributed by atoms with van der Waals surface area (Å²) in [6, 6.07) is 3.88. The van der Waals surface area contributed by atoms with Gasteiger partial charge in [-0.1, -0.05) is 6.07 Å². The quantitative estimate of drug-likeness (QED) is 0.655. The molecule has 0 atom stereocenters. The lowest BCUT2D eigenvalue weighted by Crippen LogP contribution is -1.97. The molecule has 1 aromatic carbocycles. The molecule has 1 aromatic rings. The van der Waals surface area contributed by atoms with Gasteiger partial charge in [0.15, 0.2) is 5.78 Å². The molecule has 2 rings (SSSR count). The van der Waals surface area contributed by atoms with Gasteiger partial charge in [-0.15, -0.1) is 0 Å². The van der Waals surface area contributed by atoms with Gasteiger partial charge < -0.3 is 4.74 Å². The molecule has 0 aromatic heterocycles. The van der Waals surface area contributed by atoms with Crippen LogP contribution in [0.3, 0.4) is 0 Å². The minimum Gasteiger partial charge on any atom is -0.496 e. The smallest absolute Gasteiger partial charge is 0.167 e. The van der Waals surface area contributed by atoms with E-state index in [2.05, 4.69) is 0 Å². The number of fused-ring (bicyclic) bond motifs is 1. The van der Waals surface area contributed by atoms with E-state index in [4.69, 9.17) is 4.74 Å². The van der Waals surface area contributed by atoms with Crippen molar-refractivity contribution < 1.29 is 9.53 Å². The molecule has 0 saturated carbocycles. The Hall–Kier alpha value is -1.31. The van der Waals surface area contributed by atoms with Gasteiger partial charge in [0.1, 0.15) is 5.75 Å². The van der Waals surface area contributed by atoms with Crippen molar-refractivity contribution in [1.29, 1.82) is 0 Å². The van der Waals surface area contributed by atoms with Crippen LogP contribution < -0.4 is 4.74 Å². The topological polar surface area (TPSA) is 26.3 Å². The van der Waals surface area contributed by atoms with Crippen LogP contribution in [0.25, 0.3) is 0 Å². The second-order valence-electron chi connectivity index (χ2n) is 3.36. The standard InChI is InChI=1S/C11H12O2/c1-7-3-6-10(13-2)11-8(7)4-5-9(11)12/h3,6H,4-5H2,1-2H3. The maximum atomic E-state index is 11.5. The molecule has 0 aliphatic heterocycles. The normalized spacial score (nSPS) is 14.5. The zero-order valence-electron chi connectivity index (χ0n) is 7.89. The highest BCUT2D eigenvalue weighted by molar-refractivity contribution is 6.03. The first-order valence-corrected chi connectivity index (χ1v) is 4.43. The van der Waals surface area contributed by atoms with E-state index >= 15 is 0 Å². The van der Waals surface area contributed by atoms with Gasteiger partial charge in [-0.2, -0.15) is 0 Å². The fourth-order valence-corrected chi connectivity index (χ4v) is 1.89. The summed E-state index contributed by atoms with van der Waals surface area (Å²) in [6.07, 6.45) is 1.51. The Balaban J connectivity index is 2.66. The van der Waals surface area contributed by atoms with Crippen molar-refractivity contribution in [3.63, 3.8) is 0 Å². The average molecular weight is 176 g/mol. The van der Waals surface area contributed by atoms with E-state index in [0.29, 0.717) is 6.42 Å². The minimum atomic E-state index is 0.218. The summed E-state index contributed by atoms with van der Waals surface area (Å²) in [5.41, 5.74) is 3.17. The summed E-state index contributed by atoms with van der Waals surface area (Å²) >= 11 is 0. The van der Waals surface area contributed by atoms with Gasteiger partial charge in [-0.25, -0.2) is 0 Å². The number of carbonyl (C=O) groups is 1. The molecule has 2 heteroatoms. The van der Waals surface area contributed by atoms with Crippen LogP contribution in [0.4, 0.5) is 0 Å². The van der Waals surface area contributed by atoms with Crippen LogP contribution in [0.1, 0.15) is 27.9 Å². The lowest BCUT2D eigenvalue weighted by molar-refractivity contribution is 0.0992. The first kappa shape index (κ1) is 8.30. The Morgan fingerprint density at radius 1 is 1.31 bits per heavy atom. The Morgan fingerprint density at radius 2 is 2.08 bits per heavy atom. The van der Waals surface area contributed by atoms with E-state index in [1.807, 2.05) is 19.1 Å². The van der Waals surface area contributed by atoms with Crippen LogP contribution in [0.5, 0.6) is 5.75 Å². The molecule has 0 fully saturated rings. The molecule has 0 heterocycles. The third-order valence-corrected chi connectivity index (χ3v) is 2.61. The fourth-order valence-electron chi connectivity index (χ4n) is 1.89. The molecule has 0 amide bonds. The molecule has 0 bridgehead atoms. The zero-order chi connectivity index (χ0) is 9.42. The fraction of sp³-hybridized carbons (Fsp3) is 0.364. The van der Waals surface area contributed by atoms with E-state index in [1.165, 1.54) is 11.1 Å². The Labute approximate surface area is 77.5 Å². The lowest BCUT2D eigenvalue weighted by Gasteiger charge is -2.07. The number of hydrogen-bond acceptors (Lipinski definition) is 2. The first-order chi connectivity index (χ1) is 6.24. The van der Waals surface area contributed by atoms with Crippen molar-refractivity contribution in [2.75, 3.05) is 7.11 Å². The third kappa shape index (κ3) is 1.13. The van der Waals surface area contributed by atoms with Crippen molar-refractivity contribution in [3.05, 3.63) is 28.8 Å². The molecule has 0 saturated heterocycles. The van der Waals surface area contributed by atoms with E-state index in [-0.39, 0.29) is 5.78 Å². The predicted molar refractivity (Wildman–Crippen MR) is 50.4 cm³/mol. The molecular weight excluding hydrogens is 164 g/mol. The molecule has 0 spiro atoms. The summed E-state index contributed by atoms with van der Waals surface area (Å²) < 4.78 is 5.16. The molecule has 0 unspecified atom stereocenters. The first-order valence-electron chi connectivity index (χ1n) is 4.43. The van der Waals surface area contributed by atoms with Gasteiger partial charge in [-0.05, 0) is 30.5 Å². The predicted octanol–water partition coefficient (Wildman–Crippen LogP) is 2.13. The molecule has 13 heavy (non-hydrogen) atoms. The number of hydrogen-bond donors (Lipinski definition) is 0. The Kier molecular flexibility index (Phi) is 1.83. The highest BCUT2D eigenvalue weighted by Gasteiger charge is 2.24. The molecule has 68 valence electrons. The van der Waals surface area contributed by atoms with Crippen molar-refractivity contribution in [2.24, 2.45) is 0 Å². The van der Waals surface area contributed by atoms with Crippen molar-refractivity contribution in [3.8, 4) is 5.75 Å². The second-order valence-corrected chi connectivity index (χ2v) is 3.36. The maximum Gasteiger partial charge on any atom is 0.167 e. The highest BCUT2D eigenvalue weighted by Crippen LogP contribution is 2.32.